The number of nitrogens with two attached hydrogens (primary N) is 1. The van der Waals surface area contributed by atoms with E-state index in [9.17, 15) is 4.79 Å². The summed E-state index contributed by atoms with van der Waals surface area (Å²) in [6.07, 6.45) is 1.08. The molecule has 1 fully saturated rings. The minimum absolute atomic E-state index is 0.134. The molecule has 0 saturated carbocycles. The number of carbonyl (C=O) groups excluding carboxylic acids is 1. The van der Waals surface area contributed by atoms with Crippen molar-refractivity contribution in [3.63, 3.8) is 0 Å². The predicted octanol–water partition coefficient (Wildman–Crippen LogP) is 1.31. The fourth-order valence-electron chi connectivity index (χ4n) is 2.54. The number of rotatable bonds is 3. The molecule has 4 heteroatoms. The van der Waals surface area contributed by atoms with Gasteiger partial charge in [0.1, 0.15) is 0 Å². The van der Waals surface area contributed by atoms with Crippen LogP contribution in [0, 0.1) is 0 Å². The van der Waals surface area contributed by atoms with E-state index in [0.717, 1.165) is 37.2 Å². The first kappa shape index (κ1) is 14.0. The summed E-state index contributed by atoms with van der Waals surface area (Å²) in [7, 11) is 2.13. The Labute approximate surface area is 115 Å². The van der Waals surface area contributed by atoms with Crippen molar-refractivity contribution in [2.75, 3.05) is 26.7 Å². The summed E-state index contributed by atoms with van der Waals surface area (Å²) in [5, 5.41) is 0. The van der Waals surface area contributed by atoms with Crippen molar-refractivity contribution in [1.82, 2.24) is 9.80 Å². The molecular formula is C15H23N3O. The topological polar surface area (TPSA) is 49.6 Å². The molecule has 1 unspecified atom stereocenters. The van der Waals surface area contributed by atoms with Gasteiger partial charge in [-0.3, -0.25) is 9.69 Å². The van der Waals surface area contributed by atoms with E-state index in [0.29, 0.717) is 12.6 Å². The number of piperazine rings is 1. The van der Waals surface area contributed by atoms with Crippen LogP contribution in [0.5, 0.6) is 0 Å². The molecule has 0 bridgehead atoms. The van der Waals surface area contributed by atoms with Gasteiger partial charge in [-0.15, -0.1) is 0 Å². The number of nitrogens with zero attached hydrogens (tertiary/aromatic N) is 2. The Morgan fingerprint density at radius 2 is 2.00 bits per heavy atom. The van der Waals surface area contributed by atoms with Gasteiger partial charge in [0.15, 0.2) is 0 Å². The van der Waals surface area contributed by atoms with Gasteiger partial charge < -0.3 is 10.6 Å². The predicted molar refractivity (Wildman–Crippen MR) is 76.9 cm³/mol. The Hall–Kier alpha value is -1.39. The normalized spacial score (nSPS) is 20.6. The largest absolute Gasteiger partial charge is 0.336 e. The molecule has 104 valence electrons. The van der Waals surface area contributed by atoms with Crippen molar-refractivity contribution in [3.05, 3.63) is 35.4 Å². The molecule has 1 aromatic carbocycles. The number of benzene rings is 1. The average molecular weight is 261 g/mol. The van der Waals surface area contributed by atoms with Crippen LogP contribution < -0.4 is 5.73 Å². The first-order chi connectivity index (χ1) is 9.15. The summed E-state index contributed by atoms with van der Waals surface area (Å²) in [6, 6.07) is 8.09. The number of amides is 1. The van der Waals surface area contributed by atoms with Crippen molar-refractivity contribution in [2.24, 2.45) is 5.73 Å². The van der Waals surface area contributed by atoms with Gasteiger partial charge in [-0.25, -0.2) is 0 Å². The third-order valence-corrected chi connectivity index (χ3v) is 3.97. The third kappa shape index (κ3) is 3.14. The van der Waals surface area contributed by atoms with E-state index in [4.69, 9.17) is 5.73 Å². The summed E-state index contributed by atoms with van der Waals surface area (Å²) >= 11 is 0. The first-order valence-corrected chi connectivity index (χ1v) is 6.94. The van der Waals surface area contributed by atoms with Crippen molar-refractivity contribution >= 4 is 5.91 Å². The lowest BCUT2D eigenvalue weighted by molar-refractivity contribution is 0.0542. The van der Waals surface area contributed by atoms with Gasteiger partial charge in [-0.05, 0) is 31.2 Å². The van der Waals surface area contributed by atoms with Crippen LogP contribution in [0.15, 0.2) is 24.3 Å². The molecule has 0 aromatic heterocycles. The molecular weight excluding hydrogens is 238 g/mol. The number of likely N-dealkylation sites (N-methyl/N-ethyl adjacent to an activating group) is 1. The average Bonchev–Trinajstić information content (AvgIpc) is 2.47. The van der Waals surface area contributed by atoms with Gasteiger partial charge in [-0.1, -0.05) is 19.1 Å². The molecule has 1 amide bonds. The standard InChI is InChI=1S/C15H23N3O/c1-3-14-11-18(9-8-17(14)2)15(19)13-6-4-12(10-16)5-7-13/h4-7,14H,3,8-11,16H2,1-2H3. The van der Waals surface area contributed by atoms with Crippen molar-refractivity contribution in [2.45, 2.75) is 25.9 Å². The van der Waals surface area contributed by atoms with Crippen LogP contribution in [0.2, 0.25) is 0 Å². The van der Waals surface area contributed by atoms with Crippen LogP contribution in [0.1, 0.15) is 29.3 Å². The van der Waals surface area contributed by atoms with Gasteiger partial charge >= 0.3 is 0 Å². The molecule has 1 saturated heterocycles. The molecule has 1 heterocycles. The van der Waals surface area contributed by atoms with Gasteiger partial charge in [0.05, 0.1) is 0 Å². The maximum absolute atomic E-state index is 12.4. The van der Waals surface area contributed by atoms with Gasteiger partial charge in [-0.2, -0.15) is 0 Å². The Bertz CT molecular complexity index is 430. The molecule has 0 spiro atoms. The molecule has 0 aliphatic carbocycles. The van der Waals surface area contributed by atoms with E-state index in [1.165, 1.54) is 0 Å². The third-order valence-electron chi connectivity index (χ3n) is 3.97. The fraction of sp³-hybridized carbons (Fsp3) is 0.533. The molecule has 2 rings (SSSR count). The van der Waals surface area contributed by atoms with Gasteiger partial charge in [0, 0.05) is 37.8 Å². The maximum atomic E-state index is 12.4. The second-order valence-corrected chi connectivity index (χ2v) is 5.19. The number of hydrogen-bond acceptors (Lipinski definition) is 3. The zero-order valence-electron chi connectivity index (χ0n) is 11.8. The summed E-state index contributed by atoms with van der Waals surface area (Å²) in [5.74, 6) is 0.134. The minimum Gasteiger partial charge on any atom is -0.336 e. The lowest BCUT2D eigenvalue weighted by Crippen LogP contribution is -2.52. The summed E-state index contributed by atoms with van der Waals surface area (Å²) in [5.41, 5.74) is 7.39. The van der Waals surface area contributed by atoms with Crippen molar-refractivity contribution < 1.29 is 4.79 Å². The van der Waals surface area contributed by atoms with Gasteiger partial charge in [0.2, 0.25) is 0 Å². The molecule has 1 aliphatic heterocycles. The van der Waals surface area contributed by atoms with E-state index in [2.05, 4.69) is 18.9 Å². The maximum Gasteiger partial charge on any atom is 0.253 e. The van der Waals surface area contributed by atoms with Crippen molar-refractivity contribution in [1.29, 1.82) is 0 Å². The Balaban J connectivity index is 2.06. The highest BCUT2D eigenvalue weighted by atomic mass is 16.2. The highest BCUT2D eigenvalue weighted by Crippen LogP contribution is 2.14. The van der Waals surface area contributed by atoms with Crippen LogP contribution in [0.25, 0.3) is 0 Å². The molecule has 1 aromatic rings. The van der Waals surface area contributed by atoms with Crippen LogP contribution in [-0.2, 0) is 6.54 Å². The Morgan fingerprint density at radius 1 is 1.32 bits per heavy atom. The molecule has 1 aliphatic rings. The second kappa shape index (κ2) is 6.17. The Morgan fingerprint density at radius 3 is 2.58 bits per heavy atom. The highest BCUT2D eigenvalue weighted by molar-refractivity contribution is 5.94. The molecule has 19 heavy (non-hydrogen) atoms. The second-order valence-electron chi connectivity index (χ2n) is 5.19. The number of hydrogen-bond donors (Lipinski definition) is 1. The van der Waals surface area contributed by atoms with E-state index in [1.807, 2.05) is 29.2 Å². The SMILES string of the molecule is CCC1CN(C(=O)c2ccc(CN)cc2)CCN1C. The van der Waals surface area contributed by atoms with E-state index < -0.39 is 0 Å². The molecule has 2 N–H and O–H groups in total. The van der Waals surface area contributed by atoms with E-state index in [1.54, 1.807) is 0 Å². The van der Waals surface area contributed by atoms with Gasteiger partial charge in [0.25, 0.3) is 5.91 Å². The molecule has 1 atom stereocenters. The summed E-state index contributed by atoms with van der Waals surface area (Å²) in [6.45, 7) is 5.27. The van der Waals surface area contributed by atoms with Crippen LogP contribution in [0.4, 0.5) is 0 Å². The van der Waals surface area contributed by atoms with Crippen LogP contribution >= 0.6 is 0 Å². The van der Waals surface area contributed by atoms with Crippen LogP contribution in [0.3, 0.4) is 0 Å². The lowest BCUT2D eigenvalue weighted by atomic mass is 10.1. The number of carbonyl (C=O) groups is 1. The summed E-state index contributed by atoms with van der Waals surface area (Å²) < 4.78 is 0. The summed E-state index contributed by atoms with van der Waals surface area (Å²) in [4.78, 5) is 16.7. The van der Waals surface area contributed by atoms with E-state index >= 15 is 0 Å². The Kier molecular flexibility index (Phi) is 4.56. The first-order valence-electron chi connectivity index (χ1n) is 6.94. The minimum atomic E-state index is 0.134. The quantitative estimate of drug-likeness (QED) is 0.892. The monoisotopic (exact) mass is 261 g/mol. The van der Waals surface area contributed by atoms with Crippen LogP contribution in [-0.4, -0.2) is 48.4 Å². The zero-order chi connectivity index (χ0) is 13.8. The highest BCUT2D eigenvalue weighted by Gasteiger charge is 2.26. The smallest absolute Gasteiger partial charge is 0.253 e. The lowest BCUT2D eigenvalue weighted by Gasteiger charge is -2.39. The molecule has 0 radical (unpaired) electrons. The molecule has 4 nitrogen and oxygen atoms in total. The van der Waals surface area contributed by atoms with Crippen molar-refractivity contribution in [3.8, 4) is 0 Å². The zero-order valence-corrected chi connectivity index (χ0v) is 11.8. The fourth-order valence-corrected chi connectivity index (χ4v) is 2.54. The van der Waals surface area contributed by atoms with E-state index in [-0.39, 0.29) is 5.91 Å².